The van der Waals surface area contributed by atoms with Crippen LogP contribution in [0.15, 0.2) is 67.0 Å². The molecule has 7 heteroatoms. The number of nitrogens with zero attached hydrogens (tertiary/aromatic N) is 2. The van der Waals surface area contributed by atoms with E-state index in [-0.39, 0.29) is 11.9 Å². The largest absolute Gasteiger partial charge is 0.335 e. The lowest BCUT2D eigenvalue weighted by Crippen LogP contribution is -2.30. The summed E-state index contributed by atoms with van der Waals surface area (Å²) in [6, 6.07) is 16.2. The molecule has 0 bridgehead atoms. The number of carbonyl (C=O) groups is 2. The predicted octanol–water partition coefficient (Wildman–Crippen LogP) is 3.41. The van der Waals surface area contributed by atoms with Crippen molar-refractivity contribution in [3.8, 4) is 5.69 Å². The van der Waals surface area contributed by atoms with E-state index in [0.717, 1.165) is 12.8 Å². The Hall–Kier alpha value is -3.61. The molecule has 2 aromatic carbocycles. The number of amides is 3. The van der Waals surface area contributed by atoms with E-state index in [4.69, 9.17) is 0 Å². The lowest BCUT2D eigenvalue weighted by Gasteiger charge is -2.11. The van der Waals surface area contributed by atoms with Gasteiger partial charge in [-0.15, -0.1) is 0 Å². The van der Waals surface area contributed by atoms with Gasteiger partial charge in [0.15, 0.2) is 0 Å². The van der Waals surface area contributed by atoms with Crippen molar-refractivity contribution in [2.75, 3.05) is 10.6 Å². The van der Waals surface area contributed by atoms with Crippen LogP contribution in [0.3, 0.4) is 0 Å². The quantitative estimate of drug-likeness (QED) is 0.651. The summed E-state index contributed by atoms with van der Waals surface area (Å²) in [5.74, 6) is -0.228. The normalized spacial score (nSPS) is 13.0. The molecule has 4 rings (SSSR count). The van der Waals surface area contributed by atoms with Crippen molar-refractivity contribution >= 4 is 23.3 Å². The van der Waals surface area contributed by atoms with Crippen molar-refractivity contribution in [2.45, 2.75) is 18.9 Å². The zero-order valence-corrected chi connectivity index (χ0v) is 14.6. The lowest BCUT2D eigenvalue weighted by atomic mass is 10.1. The lowest BCUT2D eigenvalue weighted by molar-refractivity contribution is 0.102. The Morgan fingerprint density at radius 3 is 2.30 bits per heavy atom. The third kappa shape index (κ3) is 4.14. The third-order valence-electron chi connectivity index (χ3n) is 4.21. The van der Waals surface area contributed by atoms with Crippen LogP contribution in [0.4, 0.5) is 16.2 Å². The number of rotatable bonds is 5. The van der Waals surface area contributed by atoms with E-state index < -0.39 is 0 Å². The fourth-order valence-electron chi connectivity index (χ4n) is 2.69. The van der Waals surface area contributed by atoms with E-state index in [1.54, 1.807) is 53.5 Å². The molecule has 1 aliphatic carbocycles. The molecule has 0 atom stereocenters. The number of hydrogen-bond donors (Lipinski definition) is 3. The number of carbonyl (C=O) groups excluding carboxylic acids is 2. The van der Waals surface area contributed by atoms with Gasteiger partial charge in [0.25, 0.3) is 5.91 Å². The van der Waals surface area contributed by atoms with Crippen LogP contribution in [0.1, 0.15) is 23.2 Å². The van der Waals surface area contributed by atoms with Crippen LogP contribution >= 0.6 is 0 Å². The minimum absolute atomic E-state index is 0.206. The SMILES string of the molecule is O=C(Nc1ccc(NC(=O)c2ccccc2-n2cccn2)cc1)NC1CC1. The number of aromatic nitrogens is 2. The molecule has 1 saturated carbocycles. The molecule has 3 N–H and O–H groups in total. The van der Waals surface area contributed by atoms with Crippen LogP contribution in [0.25, 0.3) is 5.69 Å². The Bertz CT molecular complexity index is 947. The number of urea groups is 1. The summed E-state index contributed by atoms with van der Waals surface area (Å²) < 4.78 is 1.65. The molecule has 0 spiro atoms. The Labute approximate surface area is 156 Å². The van der Waals surface area contributed by atoms with Crippen molar-refractivity contribution in [1.29, 1.82) is 0 Å². The first-order valence-electron chi connectivity index (χ1n) is 8.77. The van der Waals surface area contributed by atoms with E-state index >= 15 is 0 Å². The van der Waals surface area contributed by atoms with Crippen LogP contribution in [0.2, 0.25) is 0 Å². The van der Waals surface area contributed by atoms with Gasteiger partial charge in [0.1, 0.15) is 0 Å². The van der Waals surface area contributed by atoms with Crippen LogP contribution < -0.4 is 16.0 Å². The van der Waals surface area contributed by atoms with E-state index in [2.05, 4.69) is 21.0 Å². The minimum atomic E-state index is -0.228. The van der Waals surface area contributed by atoms with Gasteiger partial charge in [-0.25, -0.2) is 9.48 Å². The number of nitrogens with one attached hydrogen (secondary N) is 3. The standard InChI is InChI=1S/C20H19N5O2/c26-19(17-4-1-2-5-18(17)25-13-3-12-21-25)22-14-6-8-15(9-7-14)23-20(27)24-16-10-11-16/h1-9,12-13,16H,10-11H2,(H,22,26)(H2,23,24,27). The second-order valence-electron chi connectivity index (χ2n) is 6.37. The molecule has 136 valence electrons. The fraction of sp³-hybridized carbons (Fsp3) is 0.150. The highest BCUT2D eigenvalue weighted by Crippen LogP contribution is 2.20. The smallest absolute Gasteiger partial charge is 0.319 e. The Morgan fingerprint density at radius 1 is 0.926 bits per heavy atom. The number of benzene rings is 2. The topological polar surface area (TPSA) is 88.1 Å². The van der Waals surface area contributed by atoms with Crippen molar-refractivity contribution in [1.82, 2.24) is 15.1 Å². The molecule has 0 aliphatic heterocycles. The van der Waals surface area contributed by atoms with Gasteiger partial charge in [-0.3, -0.25) is 4.79 Å². The Balaban J connectivity index is 1.43. The van der Waals surface area contributed by atoms with E-state index in [1.165, 1.54) is 0 Å². The molecule has 0 unspecified atom stereocenters. The zero-order valence-electron chi connectivity index (χ0n) is 14.6. The molecular weight excluding hydrogens is 342 g/mol. The Morgan fingerprint density at radius 2 is 1.63 bits per heavy atom. The molecule has 1 fully saturated rings. The van der Waals surface area contributed by atoms with Gasteiger partial charge in [-0.05, 0) is 55.3 Å². The molecule has 3 aromatic rings. The van der Waals surface area contributed by atoms with Crippen LogP contribution in [0, 0.1) is 0 Å². The first-order chi connectivity index (χ1) is 13.2. The maximum absolute atomic E-state index is 12.7. The summed E-state index contributed by atoms with van der Waals surface area (Å²) in [5.41, 5.74) is 2.54. The average Bonchev–Trinajstić information content (AvgIpc) is 3.32. The van der Waals surface area contributed by atoms with Crippen molar-refractivity contribution in [3.05, 3.63) is 72.6 Å². The van der Waals surface area contributed by atoms with Crippen molar-refractivity contribution < 1.29 is 9.59 Å². The average molecular weight is 361 g/mol. The summed E-state index contributed by atoms with van der Waals surface area (Å²) in [4.78, 5) is 24.4. The van der Waals surface area contributed by atoms with Crippen LogP contribution in [-0.4, -0.2) is 27.8 Å². The molecule has 1 aliphatic rings. The van der Waals surface area contributed by atoms with Crippen LogP contribution in [0.5, 0.6) is 0 Å². The molecule has 27 heavy (non-hydrogen) atoms. The summed E-state index contributed by atoms with van der Waals surface area (Å²) in [5, 5.41) is 12.7. The monoisotopic (exact) mass is 361 g/mol. The molecular formula is C20H19N5O2. The number of anilines is 2. The fourth-order valence-corrected chi connectivity index (χ4v) is 2.69. The number of para-hydroxylation sites is 1. The first-order valence-corrected chi connectivity index (χ1v) is 8.77. The number of hydrogen-bond acceptors (Lipinski definition) is 3. The Kier molecular flexibility index (Phi) is 4.57. The van der Waals surface area contributed by atoms with Gasteiger partial charge in [0.05, 0.1) is 11.3 Å². The summed E-state index contributed by atoms with van der Waals surface area (Å²) >= 11 is 0. The van der Waals surface area contributed by atoms with Crippen molar-refractivity contribution in [2.24, 2.45) is 0 Å². The molecule has 1 aromatic heterocycles. The molecule has 0 saturated heterocycles. The highest BCUT2D eigenvalue weighted by Gasteiger charge is 2.23. The van der Waals surface area contributed by atoms with Gasteiger partial charge in [0, 0.05) is 29.8 Å². The van der Waals surface area contributed by atoms with E-state index in [1.807, 2.05) is 18.2 Å². The van der Waals surface area contributed by atoms with E-state index in [0.29, 0.717) is 28.7 Å². The molecule has 3 amide bonds. The molecule has 0 radical (unpaired) electrons. The van der Waals surface area contributed by atoms with Crippen molar-refractivity contribution in [3.63, 3.8) is 0 Å². The predicted molar refractivity (Wildman–Crippen MR) is 103 cm³/mol. The second-order valence-corrected chi connectivity index (χ2v) is 6.37. The maximum Gasteiger partial charge on any atom is 0.319 e. The third-order valence-corrected chi connectivity index (χ3v) is 4.21. The summed E-state index contributed by atoms with van der Waals surface area (Å²) in [7, 11) is 0. The highest BCUT2D eigenvalue weighted by molar-refractivity contribution is 6.06. The van der Waals surface area contributed by atoms with Gasteiger partial charge < -0.3 is 16.0 Å². The summed E-state index contributed by atoms with van der Waals surface area (Å²) in [6.07, 6.45) is 5.54. The van der Waals surface area contributed by atoms with E-state index in [9.17, 15) is 9.59 Å². The summed E-state index contributed by atoms with van der Waals surface area (Å²) in [6.45, 7) is 0. The second kappa shape index (κ2) is 7.33. The zero-order chi connectivity index (χ0) is 18.6. The first kappa shape index (κ1) is 16.8. The van der Waals surface area contributed by atoms with Crippen LogP contribution in [-0.2, 0) is 0 Å². The maximum atomic E-state index is 12.7. The van der Waals surface area contributed by atoms with Gasteiger partial charge >= 0.3 is 6.03 Å². The molecule has 7 nitrogen and oxygen atoms in total. The highest BCUT2D eigenvalue weighted by atomic mass is 16.2. The minimum Gasteiger partial charge on any atom is -0.335 e. The van der Waals surface area contributed by atoms with Gasteiger partial charge in [-0.2, -0.15) is 5.10 Å². The van der Waals surface area contributed by atoms with Gasteiger partial charge in [-0.1, -0.05) is 12.1 Å². The molecule has 1 heterocycles. The van der Waals surface area contributed by atoms with Gasteiger partial charge in [0.2, 0.25) is 0 Å².